The van der Waals surface area contributed by atoms with Crippen LogP contribution in [0.3, 0.4) is 0 Å². The maximum absolute atomic E-state index is 13.1. The molecule has 4 rings (SSSR count). The predicted octanol–water partition coefficient (Wildman–Crippen LogP) is 4.93. The summed E-state index contributed by atoms with van der Waals surface area (Å²) in [6.07, 6.45) is 0. The minimum atomic E-state index is -1.93. The van der Waals surface area contributed by atoms with Gasteiger partial charge >= 0.3 is 0 Å². The topological polar surface area (TPSA) is 37.4 Å². The van der Waals surface area contributed by atoms with Crippen LogP contribution in [0.5, 0.6) is 0 Å². The first-order valence-corrected chi connectivity index (χ1v) is 9.72. The molecule has 0 radical (unpaired) electrons. The molecule has 0 N–H and O–H groups in total. The van der Waals surface area contributed by atoms with E-state index in [0.29, 0.717) is 10.6 Å². The van der Waals surface area contributed by atoms with Gasteiger partial charge in [0, 0.05) is 4.90 Å². The van der Waals surface area contributed by atoms with Crippen molar-refractivity contribution in [1.82, 2.24) is 0 Å². The Morgan fingerprint density at radius 1 is 0.880 bits per heavy atom. The molecule has 2 bridgehead atoms. The summed E-state index contributed by atoms with van der Waals surface area (Å²) in [7, 11) is 0. The molecule has 0 aromatic heterocycles. The van der Waals surface area contributed by atoms with E-state index in [4.69, 9.17) is 69.6 Å². The van der Waals surface area contributed by atoms with Crippen molar-refractivity contribution < 1.29 is 9.59 Å². The molecule has 3 aliphatic rings. The number of para-hydroxylation sites is 1. The quantitative estimate of drug-likeness (QED) is 0.354. The average Bonchev–Trinajstić information content (AvgIpc) is 2.93. The van der Waals surface area contributed by atoms with E-state index in [2.05, 4.69) is 12.6 Å². The Labute approximate surface area is 178 Å². The minimum absolute atomic E-state index is 0.112. The Bertz CT molecular complexity index is 843. The van der Waals surface area contributed by atoms with Gasteiger partial charge in [-0.15, -0.1) is 35.8 Å². The van der Waals surface area contributed by atoms with Crippen molar-refractivity contribution in [3.8, 4) is 0 Å². The Hall–Kier alpha value is 0.190. The van der Waals surface area contributed by atoms with Crippen LogP contribution in [0.2, 0.25) is 0 Å². The number of benzene rings is 1. The van der Waals surface area contributed by atoms with Gasteiger partial charge in [-0.2, -0.15) is 0 Å². The van der Waals surface area contributed by atoms with Gasteiger partial charge in [0.2, 0.25) is 11.8 Å². The van der Waals surface area contributed by atoms with Gasteiger partial charge < -0.3 is 0 Å². The first-order chi connectivity index (χ1) is 11.5. The van der Waals surface area contributed by atoms with Crippen LogP contribution in [-0.2, 0) is 9.59 Å². The summed E-state index contributed by atoms with van der Waals surface area (Å²) in [5, 5.41) is -0.224. The summed E-state index contributed by atoms with van der Waals surface area (Å²) >= 11 is 42.9. The highest BCUT2D eigenvalue weighted by molar-refractivity contribution is 7.80. The van der Waals surface area contributed by atoms with Crippen molar-refractivity contribution in [2.45, 2.75) is 19.0 Å². The van der Waals surface area contributed by atoms with Gasteiger partial charge in [-0.1, -0.05) is 58.5 Å². The Morgan fingerprint density at radius 3 is 1.76 bits per heavy atom. The van der Waals surface area contributed by atoms with E-state index in [9.17, 15) is 9.59 Å². The lowest BCUT2D eigenvalue weighted by atomic mass is 9.84. The van der Waals surface area contributed by atoms with Crippen molar-refractivity contribution >= 4 is 99.7 Å². The van der Waals surface area contributed by atoms with Gasteiger partial charge in [-0.05, 0) is 12.1 Å². The second-order valence-electron chi connectivity index (χ2n) is 6.08. The van der Waals surface area contributed by atoms with Crippen LogP contribution >= 0.6 is 82.2 Å². The lowest BCUT2D eigenvalue weighted by Crippen LogP contribution is -2.50. The number of hydrogen-bond acceptors (Lipinski definition) is 3. The first kappa shape index (κ1) is 18.5. The zero-order valence-corrected chi connectivity index (χ0v) is 17.4. The number of nitrogens with zero attached hydrogens (tertiary/aromatic N) is 1. The van der Waals surface area contributed by atoms with Crippen LogP contribution in [0.15, 0.2) is 39.2 Å². The molecule has 2 aliphatic carbocycles. The van der Waals surface area contributed by atoms with Crippen molar-refractivity contribution in [2.75, 3.05) is 4.90 Å². The molecule has 4 atom stereocenters. The summed E-state index contributed by atoms with van der Waals surface area (Å²) in [6.45, 7) is 0. The summed E-state index contributed by atoms with van der Waals surface area (Å²) in [5.41, 5.74) is 0.317. The molecule has 1 aromatic rings. The van der Waals surface area contributed by atoms with E-state index in [0.717, 1.165) is 4.90 Å². The second-order valence-corrected chi connectivity index (χ2v) is 9.84. The van der Waals surface area contributed by atoms with Crippen LogP contribution in [0, 0.1) is 11.8 Å². The third-order valence-electron chi connectivity index (χ3n) is 5.03. The van der Waals surface area contributed by atoms with E-state index >= 15 is 0 Å². The van der Waals surface area contributed by atoms with Gasteiger partial charge in [0.1, 0.15) is 9.75 Å². The Kier molecular flexibility index (Phi) is 3.99. The van der Waals surface area contributed by atoms with Crippen LogP contribution < -0.4 is 4.90 Å². The summed E-state index contributed by atoms with van der Waals surface area (Å²) < 4.78 is -1.93. The van der Waals surface area contributed by atoms with E-state index in [1.165, 1.54) is 0 Å². The molecular weight excluding hydrogens is 471 g/mol. The van der Waals surface area contributed by atoms with E-state index in [1.807, 2.05) is 0 Å². The summed E-state index contributed by atoms with van der Waals surface area (Å²) in [5.74, 6) is -3.47. The van der Waals surface area contributed by atoms with Gasteiger partial charge in [0.15, 0.2) is 4.33 Å². The van der Waals surface area contributed by atoms with E-state index < -0.39 is 37.7 Å². The van der Waals surface area contributed by atoms with Gasteiger partial charge in [0.05, 0.1) is 27.6 Å². The normalized spacial score (nSPS) is 38.8. The molecule has 4 unspecified atom stereocenters. The highest BCUT2D eigenvalue weighted by Crippen LogP contribution is 2.77. The van der Waals surface area contributed by atoms with Crippen molar-refractivity contribution in [2.24, 2.45) is 11.8 Å². The van der Waals surface area contributed by atoms with Crippen LogP contribution in [0.25, 0.3) is 0 Å². The number of carbonyl (C=O) groups excluding carboxylic acids is 2. The molecule has 1 aromatic carbocycles. The largest absolute Gasteiger partial charge is 0.274 e. The molecule has 2 fully saturated rings. The lowest BCUT2D eigenvalue weighted by Gasteiger charge is -2.34. The highest BCUT2D eigenvalue weighted by Gasteiger charge is 2.87. The van der Waals surface area contributed by atoms with Gasteiger partial charge in [-0.25, -0.2) is 4.90 Å². The van der Waals surface area contributed by atoms with Crippen molar-refractivity contribution in [3.05, 3.63) is 34.3 Å². The average molecular weight is 478 g/mol. The Morgan fingerprint density at radius 2 is 1.32 bits per heavy atom. The number of carbonyl (C=O) groups is 2. The molecule has 10 heteroatoms. The van der Waals surface area contributed by atoms with Crippen molar-refractivity contribution in [1.29, 1.82) is 0 Å². The SMILES string of the molecule is O=C1C2C(C(=O)N1c1ccccc1S)C1(Cl)C(Cl)=C(Cl)C2(Cl)C1(Cl)Cl. The third-order valence-corrected chi connectivity index (χ3v) is 9.67. The second kappa shape index (κ2) is 5.38. The van der Waals surface area contributed by atoms with Crippen molar-refractivity contribution in [3.63, 3.8) is 0 Å². The third kappa shape index (κ3) is 1.81. The van der Waals surface area contributed by atoms with E-state index in [1.54, 1.807) is 24.3 Å². The number of rotatable bonds is 1. The molecule has 25 heavy (non-hydrogen) atoms. The van der Waals surface area contributed by atoms with Crippen LogP contribution in [-0.4, -0.2) is 25.9 Å². The number of anilines is 1. The van der Waals surface area contributed by atoms with Crippen LogP contribution in [0.4, 0.5) is 5.69 Å². The number of fused-ring (bicyclic) bond motifs is 5. The van der Waals surface area contributed by atoms with E-state index in [-0.39, 0.29) is 10.1 Å². The maximum Gasteiger partial charge on any atom is 0.240 e. The van der Waals surface area contributed by atoms with Gasteiger partial charge in [0.25, 0.3) is 0 Å². The van der Waals surface area contributed by atoms with Crippen LogP contribution in [0.1, 0.15) is 0 Å². The number of amides is 2. The first-order valence-electron chi connectivity index (χ1n) is 7.00. The molecular formula is C15H7Cl6NO2S. The standard InChI is InChI=1S/C15H7Cl6NO2S/c16-9-10(17)14(19)8-7(13(9,18)15(14,20)21)11(23)22(12(8)24)5-3-1-2-4-6(5)25/h1-4,7-8,25H. The molecule has 1 aliphatic heterocycles. The minimum Gasteiger partial charge on any atom is -0.274 e. The monoisotopic (exact) mass is 475 g/mol. The highest BCUT2D eigenvalue weighted by atomic mass is 35.5. The lowest BCUT2D eigenvalue weighted by molar-refractivity contribution is -0.123. The zero-order chi connectivity index (χ0) is 18.5. The Balaban J connectivity index is 1.94. The fraction of sp³-hybridized carbons (Fsp3) is 0.333. The molecule has 1 saturated carbocycles. The number of allylic oxidation sites excluding steroid dienone is 2. The number of alkyl halides is 4. The zero-order valence-electron chi connectivity index (χ0n) is 11.9. The maximum atomic E-state index is 13.1. The number of thiol groups is 1. The number of halogens is 6. The molecule has 3 nitrogen and oxygen atoms in total. The fourth-order valence-electron chi connectivity index (χ4n) is 3.89. The molecule has 2 amide bonds. The number of imide groups is 1. The summed E-state index contributed by atoms with van der Waals surface area (Å²) in [6, 6.07) is 6.65. The molecule has 0 spiro atoms. The smallest absolute Gasteiger partial charge is 0.240 e. The molecule has 132 valence electrons. The predicted molar refractivity (Wildman–Crippen MR) is 104 cm³/mol. The van der Waals surface area contributed by atoms with Gasteiger partial charge in [-0.3, -0.25) is 9.59 Å². The summed E-state index contributed by atoms with van der Waals surface area (Å²) in [4.78, 5) is 24.1. The molecule has 1 heterocycles. The fourth-order valence-corrected chi connectivity index (χ4v) is 7.08. The number of hydrogen-bond donors (Lipinski definition) is 1. The molecule has 1 saturated heterocycles.